The molecule has 1 aliphatic heterocycles. The number of hydrogen-bond donors (Lipinski definition) is 1. The van der Waals surface area contributed by atoms with Crippen molar-refractivity contribution in [2.24, 2.45) is 0 Å². The smallest absolute Gasteiger partial charge is 0.104 e. The molecule has 0 bridgehead atoms. The molecule has 2 nitrogen and oxygen atoms in total. The molecule has 1 aromatic rings. The molecule has 0 aliphatic carbocycles. The minimum Gasteiger partial charge on any atom is -0.371 e. The Morgan fingerprint density at radius 3 is 3.06 bits per heavy atom. The van der Waals surface area contributed by atoms with Crippen molar-refractivity contribution in [3.05, 3.63) is 21.4 Å². The van der Waals surface area contributed by atoms with Gasteiger partial charge in [-0.1, -0.05) is 13.3 Å². The van der Waals surface area contributed by atoms with Gasteiger partial charge in [0.2, 0.25) is 0 Å². The second kappa shape index (κ2) is 6.53. The normalized spacial score (nSPS) is 21.4. The summed E-state index contributed by atoms with van der Waals surface area (Å²) in [4.78, 5) is 1.47. The van der Waals surface area contributed by atoms with E-state index in [1.165, 1.54) is 36.1 Å². The van der Waals surface area contributed by atoms with E-state index < -0.39 is 0 Å². The summed E-state index contributed by atoms with van der Waals surface area (Å²) in [5, 5.41) is 5.59. The van der Waals surface area contributed by atoms with Crippen LogP contribution in [-0.2, 0) is 17.6 Å². The molecule has 17 heavy (non-hydrogen) atoms. The number of fused-ring (bicyclic) bond motifs is 1. The summed E-state index contributed by atoms with van der Waals surface area (Å²) < 4.78 is 6.04. The molecule has 0 radical (unpaired) electrons. The zero-order valence-electron chi connectivity index (χ0n) is 10.9. The highest BCUT2D eigenvalue weighted by Crippen LogP contribution is 2.33. The van der Waals surface area contributed by atoms with Crippen molar-refractivity contribution >= 4 is 11.3 Å². The number of rotatable bonds is 3. The Balaban J connectivity index is 2.26. The van der Waals surface area contributed by atoms with Gasteiger partial charge in [-0.25, -0.2) is 0 Å². The van der Waals surface area contributed by atoms with Gasteiger partial charge < -0.3 is 10.1 Å². The Hall–Kier alpha value is -0.380. The maximum absolute atomic E-state index is 6.04. The van der Waals surface area contributed by atoms with Crippen LogP contribution in [-0.4, -0.2) is 20.2 Å². The minimum absolute atomic E-state index is 0.262. The monoisotopic (exact) mass is 253 g/mol. The largest absolute Gasteiger partial charge is 0.371 e. The SMILES string of the molecule is CCc1csc2c1CCCCCOC2CNC. The fourth-order valence-corrected chi connectivity index (χ4v) is 3.76. The first-order valence-corrected chi connectivity index (χ1v) is 7.60. The van der Waals surface area contributed by atoms with E-state index in [-0.39, 0.29) is 6.10 Å². The molecule has 0 spiro atoms. The number of nitrogens with one attached hydrogen (secondary N) is 1. The predicted molar refractivity (Wildman–Crippen MR) is 73.9 cm³/mol. The van der Waals surface area contributed by atoms with Crippen LogP contribution in [0.25, 0.3) is 0 Å². The fourth-order valence-electron chi connectivity index (χ4n) is 2.50. The number of aryl methyl sites for hydroxylation is 1. The molecule has 3 heteroatoms. The Labute approximate surface area is 108 Å². The summed E-state index contributed by atoms with van der Waals surface area (Å²) in [6, 6.07) is 0. The van der Waals surface area contributed by atoms with E-state index in [0.717, 1.165) is 19.6 Å². The summed E-state index contributed by atoms with van der Waals surface area (Å²) in [5.74, 6) is 0. The second-order valence-electron chi connectivity index (χ2n) is 4.69. The van der Waals surface area contributed by atoms with E-state index in [4.69, 9.17) is 4.74 Å². The van der Waals surface area contributed by atoms with E-state index in [2.05, 4.69) is 17.6 Å². The number of thiophene rings is 1. The zero-order chi connectivity index (χ0) is 12.1. The Kier molecular flexibility index (Phi) is 5.01. The van der Waals surface area contributed by atoms with Gasteiger partial charge in [-0.15, -0.1) is 11.3 Å². The summed E-state index contributed by atoms with van der Waals surface area (Å²) in [6.45, 7) is 4.09. The molecule has 1 aromatic heterocycles. The van der Waals surface area contributed by atoms with Crippen LogP contribution < -0.4 is 5.32 Å². The molecule has 1 N–H and O–H groups in total. The highest BCUT2D eigenvalue weighted by Gasteiger charge is 2.20. The molecule has 0 fully saturated rings. The molecule has 0 amide bonds. The highest BCUT2D eigenvalue weighted by atomic mass is 32.1. The lowest BCUT2D eigenvalue weighted by molar-refractivity contribution is 0.0545. The van der Waals surface area contributed by atoms with Crippen LogP contribution in [0.4, 0.5) is 0 Å². The van der Waals surface area contributed by atoms with E-state index >= 15 is 0 Å². The van der Waals surface area contributed by atoms with Gasteiger partial charge in [0.05, 0.1) is 0 Å². The summed E-state index contributed by atoms with van der Waals surface area (Å²) in [5.41, 5.74) is 3.12. The van der Waals surface area contributed by atoms with Crippen molar-refractivity contribution < 1.29 is 4.74 Å². The van der Waals surface area contributed by atoms with Crippen LogP contribution >= 0.6 is 11.3 Å². The topological polar surface area (TPSA) is 21.3 Å². The maximum Gasteiger partial charge on any atom is 0.104 e. The lowest BCUT2D eigenvalue weighted by Crippen LogP contribution is -2.20. The van der Waals surface area contributed by atoms with Crippen molar-refractivity contribution in [2.75, 3.05) is 20.2 Å². The molecule has 0 saturated carbocycles. The maximum atomic E-state index is 6.04. The molecule has 1 atom stereocenters. The van der Waals surface area contributed by atoms with Crippen molar-refractivity contribution in [3.8, 4) is 0 Å². The van der Waals surface area contributed by atoms with E-state index in [9.17, 15) is 0 Å². The van der Waals surface area contributed by atoms with Crippen LogP contribution in [0.1, 0.15) is 48.3 Å². The van der Waals surface area contributed by atoms with Crippen LogP contribution in [0.2, 0.25) is 0 Å². The van der Waals surface area contributed by atoms with Crippen molar-refractivity contribution in [3.63, 3.8) is 0 Å². The summed E-state index contributed by atoms with van der Waals surface area (Å²) in [6.07, 6.45) is 6.47. The summed E-state index contributed by atoms with van der Waals surface area (Å²) in [7, 11) is 2.00. The van der Waals surface area contributed by atoms with Gasteiger partial charge in [0, 0.05) is 18.0 Å². The van der Waals surface area contributed by atoms with Crippen molar-refractivity contribution in [1.29, 1.82) is 0 Å². The molecule has 0 saturated heterocycles. The van der Waals surface area contributed by atoms with Gasteiger partial charge in [0.15, 0.2) is 0 Å². The van der Waals surface area contributed by atoms with Gasteiger partial charge >= 0.3 is 0 Å². The van der Waals surface area contributed by atoms with E-state index in [0.29, 0.717) is 0 Å². The average Bonchev–Trinajstić information content (AvgIpc) is 2.76. The first kappa shape index (κ1) is 13.1. The third kappa shape index (κ3) is 3.09. The Morgan fingerprint density at radius 2 is 2.29 bits per heavy atom. The van der Waals surface area contributed by atoms with Crippen LogP contribution in [0.5, 0.6) is 0 Å². The fraction of sp³-hybridized carbons (Fsp3) is 0.714. The standard InChI is InChI=1S/C14H23NOS/c1-3-11-10-17-14-12(11)7-5-4-6-8-16-13(14)9-15-2/h10,13,15H,3-9H2,1-2H3. The van der Waals surface area contributed by atoms with Crippen molar-refractivity contribution in [2.45, 2.75) is 45.1 Å². The molecular formula is C14H23NOS. The predicted octanol–water partition coefficient (Wildman–Crippen LogP) is 3.31. The molecule has 1 aliphatic rings. The Morgan fingerprint density at radius 1 is 1.41 bits per heavy atom. The number of hydrogen-bond acceptors (Lipinski definition) is 3. The second-order valence-corrected chi connectivity index (χ2v) is 5.60. The molecule has 2 rings (SSSR count). The third-order valence-electron chi connectivity index (χ3n) is 3.47. The quantitative estimate of drug-likeness (QED) is 0.892. The molecule has 96 valence electrons. The zero-order valence-corrected chi connectivity index (χ0v) is 11.7. The molecule has 0 aromatic carbocycles. The van der Waals surface area contributed by atoms with Gasteiger partial charge in [0.25, 0.3) is 0 Å². The third-order valence-corrected chi connectivity index (χ3v) is 4.63. The lowest BCUT2D eigenvalue weighted by atomic mass is 10.0. The van der Waals surface area contributed by atoms with Crippen LogP contribution in [0.15, 0.2) is 5.38 Å². The van der Waals surface area contributed by atoms with Gasteiger partial charge in [-0.2, -0.15) is 0 Å². The molecule has 2 heterocycles. The van der Waals surface area contributed by atoms with Crippen LogP contribution in [0.3, 0.4) is 0 Å². The first-order chi connectivity index (χ1) is 8.36. The van der Waals surface area contributed by atoms with Gasteiger partial charge in [-0.3, -0.25) is 0 Å². The first-order valence-electron chi connectivity index (χ1n) is 6.72. The minimum atomic E-state index is 0.262. The highest BCUT2D eigenvalue weighted by molar-refractivity contribution is 7.10. The molecular weight excluding hydrogens is 230 g/mol. The van der Waals surface area contributed by atoms with E-state index in [1.54, 1.807) is 5.56 Å². The van der Waals surface area contributed by atoms with Crippen LogP contribution in [0, 0.1) is 0 Å². The van der Waals surface area contributed by atoms with E-state index in [1.807, 2.05) is 18.4 Å². The lowest BCUT2D eigenvalue weighted by Gasteiger charge is -2.17. The van der Waals surface area contributed by atoms with Crippen molar-refractivity contribution in [1.82, 2.24) is 5.32 Å². The Bertz CT molecular complexity index is 348. The summed E-state index contributed by atoms with van der Waals surface area (Å²) >= 11 is 1.89. The molecule has 1 unspecified atom stereocenters. The van der Waals surface area contributed by atoms with Gasteiger partial charge in [-0.05, 0) is 49.2 Å². The average molecular weight is 253 g/mol. The number of ether oxygens (including phenoxy) is 1. The number of likely N-dealkylation sites (N-methyl/N-ethyl adjacent to an activating group) is 1. The van der Waals surface area contributed by atoms with Gasteiger partial charge in [0.1, 0.15) is 6.10 Å².